The third-order valence-electron chi connectivity index (χ3n) is 1.94. The van der Waals surface area contributed by atoms with Gasteiger partial charge in [-0.3, -0.25) is 0 Å². The quantitative estimate of drug-likeness (QED) is 0.862. The maximum absolute atomic E-state index is 12.3. The van der Waals surface area contributed by atoms with Crippen molar-refractivity contribution >= 4 is 5.82 Å². The van der Waals surface area contributed by atoms with Gasteiger partial charge in [0.05, 0.1) is 6.61 Å². The number of aliphatic hydroxyl groups excluding tert-OH is 1. The lowest BCUT2D eigenvalue weighted by Gasteiger charge is -2.24. The highest BCUT2D eigenvalue weighted by atomic mass is 19.4. The lowest BCUT2D eigenvalue weighted by atomic mass is 10.3. The Hall–Kier alpha value is -1.30. The summed E-state index contributed by atoms with van der Waals surface area (Å²) in [7, 11) is 0. The van der Waals surface area contributed by atoms with E-state index in [-0.39, 0.29) is 19.0 Å². The van der Waals surface area contributed by atoms with E-state index in [2.05, 4.69) is 4.98 Å². The zero-order valence-corrected chi connectivity index (χ0v) is 8.83. The Bertz CT molecular complexity index is 341. The second kappa shape index (κ2) is 5.16. The highest BCUT2D eigenvalue weighted by Gasteiger charge is 2.31. The van der Waals surface area contributed by atoms with E-state index < -0.39 is 12.7 Å². The molecule has 16 heavy (non-hydrogen) atoms. The average molecular weight is 234 g/mol. The number of aromatic nitrogens is 1. The van der Waals surface area contributed by atoms with Crippen LogP contribution in [0.2, 0.25) is 0 Å². The molecule has 0 amide bonds. The molecule has 90 valence electrons. The third-order valence-corrected chi connectivity index (χ3v) is 1.94. The number of aryl methyl sites for hydroxylation is 1. The molecule has 1 rings (SSSR count). The standard InChI is InChI=1S/C10H13F3N2O/c1-8-3-2-4-9(14-8)15(5-6-16)7-10(11,12)13/h2-4,16H,5-7H2,1H3. The van der Waals surface area contributed by atoms with Crippen LogP contribution in [0.15, 0.2) is 18.2 Å². The lowest BCUT2D eigenvalue weighted by Crippen LogP contribution is -2.36. The maximum Gasteiger partial charge on any atom is 0.405 e. The SMILES string of the molecule is Cc1cccc(N(CCO)CC(F)(F)F)n1. The number of hydrogen-bond acceptors (Lipinski definition) is 3. The number of halogens is 3. The molecule has 0 bridgehead atoms. The second-order valence-corrected chi connectivity index (χ2v) is 3.40. The summed E-state index contributed by atoms with van der Waals surface area (Å²) in [6.07, 6.45) is -4.30. The van der Waals surface area contributed by atoms with Crippen LogP contribution in [0.1, 0.15) is 5.69 Å². The van der Waals surface area contributed by atoms with Crippen LogP contribution in [0.4, 0.5) is 19.0 Å². The van der Waals surface area contributed by atoms with E-state index in [1.807, 2.05) is 0 Å². The summed E-state index contributed by atoms with van der Waals surface area (Å²) in [4.78, 5) is 5.00. The number of aliphatic hydroxyl groups is 1. The molecule has 0 aromatic carbocycles. The molecule has 0 spiro atoms. The van der Waals surface area contributed by atoms with Crippen LogP contribution >= 0.6 is 0 Å². The molecule has 0 aliphatic rings. The van der Waals surface area contributed by atoms with Crippen molar-refractivity contribution in [2.45, 2.75) is 13.1 Å². The van der Waals surface area contributed by atoms with Crippen molar-refractivity contribution in [1.29, 1.82) is 0 Å². The smallest absolute Gasteiger partial charge is 0.395 e. The van der Waals surface area contributed by atoms with Gasteiger partial charge in [0.1, 0.15) is 12.4 Å². The molecule has 3 nitrogen and oxygen atoms in total. The molecule has 0 aliphatic heterocycles. The Balaban J connectivity index is 2.85. The van der Waals surface area contributed by atoms with Crippen LogP contribution in [0.3, 0.4) is 0 Å². The van der Waals surface area contributed by atoms with Gasteiger partial charge in [-0.15, -0.1) is 0 Å². The van der Waals surface area contributed by atoms with Gasteiger partial charge in [0, 0.05) is 12.2 Å². The van der Waals surface area contributed by atoms with E-state index in [1.54, 1.807) is 19.1 Å². The van der Waals surface area contributed by atoms with Gasteiger partial charge in [-0.1, -0.05) is 6.07 Å². The van der Waals surface area contributed by atoms with Gasteiger partial charge in [0.15, 0.2) is 0 Å². The fraction of sp³-hybridized carbons (Fsp3) is 0.500. The summed E-state index contributed by atoms with van der Waals surface area (Å²) in [6.45, 7) is 0.167. The first-order chi connectivity index (χ1) is 7.42. The first-order valence-electron chi connectivity index (χ1n) is 4.78. The van der Waals surface area contributed by atoms with E-state index in [0.29, 0.717) is 5.69 Å². The fourth-order valence-corrected chi connectivity index (χ4v) is 1.32. The van der Waals surface area contributed by atoms with Crippen molar-refractivity contribution in [1.82, 2.24) is 4.98 Å². The normalized spacial score (nSPS) is 11.6. The molecule has 1 aromatic heterocycles. The van der Waals surface area contributed by atoms with Gasteiger partial charge >= 0.3 is 6.18 Å². The number of hydrogen-bond donors (Lipinski definition) is 1. The zero-order chi connectivity index (χ0) is 12.2. The molecule has 1 N–H and O–H groups in total. The van der Waals surface area contributed by atoms with Gasteiger partial charge in [-0.2, -0.15) is 13.2 Å². The average Bonchev–Trinajstić information content (AvgIpc) is 2.15. The molecule has 1 aromatic rings. The number of anilines is 1. The van der Waals surface area contributed by atoms with Crippen molar-refractivity contribution in [2.75, 3.05) is 24.6 Å². The molecule has 0 fully saturated rings. The van der Waals surface area contributed by atoms with Gasteiger partial charge in [-0.25, -0.2) is 4.98 Å². The third kappa shape index (κ3) is 4.06. The fourth-order valence-electron chi connectivity index (χ4n) is 1.32. The number of pyridine rings is 1. The molecule has 0 atom stereocenters. The predicted octanol–water partition coefficient (Wildman–Crippen LogP) is 1.75. The van der Waals surface area contributed by atoms with Crippen LogP contribution in [-0.4, -0.2) is 36.0 Å². The Morgan fingerprint density at radius 2 is 2.06 bits per heavy atom. The Labute approximate surface area is 91.5 Å². The van der Waals surface area contributed by atoms with Crippen LogP contribution in [-0.2, 0) is 0 Å². The van der Waals surface area contributed by atoms with E-state index >= 15 is 0 Å². The highest BCUT2D eigenvalue weighted by Crippen LogP contribution is 2.20. The van der Waals surface area contributed by atoms with E-state index in [0.717, 1.165) is 4.90 Å². The molecule has 0 aliphatic carbocycles. The van der Waals surface area contributed by atoms with Crippen LogP contribution < -0.4 is 4.90 Å². The van der Waals surface area contributed by atoms with E-state index in [1.165, 1.54) is 6.07 Å². The second-order valence-electron chi connectivity index (χ2n) is 3.40. The summed E-state index contributed by atoms with van der Waals surface area (Å²) < 4.78 is 36.8. The Morgan fingerprint density at radius 1 is 1.38 bits per heavy atom. The Morgan fingerprint density at radius 3 is 2.56 bits per heavy atom. The van der Waals surface area contributed by atoms with Crippen molar-refractivity contribution in [3.8, 4) is 0 Å². The minimum atomic E-state index is -4.30. The minimum Gasteiger partial charge on any atom is -0.395 e. The topological polar surface area (TPSA) is 36.4 Å². The summed E-state index contributed by atoms with van der Waals surface area (Å²) in [5.41, 5.74) is 0.641. The molecular weight excluding hydrogens is 221 g/mol. The Kier molecular flexibility index (Phi) is 4.12. The van der Waals surface area contributed by atoms with Gasteiger partial charge in [0.25, 0.3) is 0 Å². The summed E-state index contributed by atoms with van der Waals surface area (Å²) >= 11 is 0. The van der Waals surface area contributed by atoms with Crippen molar-refractivity contribution in [3.63, 3.8) is 0 Å². The first-order valence-corrected chi connectivity index (χ1v) is 4.78. The number of rotatable bonds is 4. The molecule has 0 unspecified atom stereocenters. The van der Waals surface area contributed by atoms with Gasteiger partial charge in [0.2, 0.25) is 0 Å². The summed E-state index contributed by atoms with van der Waals surface area (Å²) in [5, 5.41) is 8.73. The van der Waals surface area contributed by atoms with E-state index in [4.69, 9.17) is 5.11 Å². The van der Waals surface area contributed by atoms with Crippen LogP contribution in [0, 0.1) is 6.92 Å². The number of nitrogens with zero attached hydrogens (tertiary/aromatic N) is 2. The predicted molar refractivity (Wildman–Crippen MR) is 54.3 cm³/mol. The summed E-state index contributed by atoms with van der Waals surface area (Å²) in [6, 6.07) is 4.83. The maximum atomic E-state index is 12.3. The largest absolute Gasteiger partial charge is 0.405 e. The van der Waals surface area contributed by atoms with Crippen molar-refractivity contribution < 1.29 is 18.3 Å². The lowest BCUT2D eigenvalue weighted by molar-refractivity contribution is -0.120. The van der Waals surface area contributed by atoms with Gasteiger partial charge < -0.3 is 10.0 Å². The highest BCUT2D eigenvalue weighted by molar-refractivity contribution is 5.39. The molecule has 6 heteroatoms. The van der Waals surface area contributed by atoms with Crippen LogP contribution in [0.25, 0.3) is 0 Å². The first kappa shape index (κ1) is 12.8. The minimum absolute atomic E-state index is 0.0873. The zero-order valence-electron chi connectivity index (χ0n) is 8.83. The molecule has 0 saturated heterocycles. The van der Waals surface area contributed by atoms with Crippen molar-refractivity contribution in [3.05, 3.63) is 23.9 Å². The molecule has 1 heterocycles. The van der Waals surface area contributed by atoms with Crippen LogP contribution in [0.5, 0.6) is 0 Å². The molecular formula is C10H13F3N2O. The molecule has 0 radical (unpaired) electrons. The molecule has 0 saturated carbocycles. The van der Waals surface area contributed by atoms with E-state index in [9.17, 15) is 13.2 Å². The van der Waals surface area contributed by atoms with Gasteiger partial charge in [-0.05, 0) is 19.1 Å². The number of alkyl halides is 3. The van der Waals surface area contributed by atoms with Crippen molar-refractivity contribution in [2.24, 2.45) is 0 Å². The summed E-state index contributed by atoms with van der Waals surface area (Å²) in [5.74, 6) is 0.228. The monoisotopic (exact) mass is 234 g/mol.